The molecule has 0 amide bonds. The van der Waals surface area contributed by atoms with E-state index in [1.54, 1.807) is 0 Å². The summed E-state index contributed by atoms with van der Waals surface area (Å²) in [5, 5.41) is 4.29. The average Bonchev–Trinajstić information content (AvgIpc) is 2.83. The number of thiocarbonyl (C=S) groups is 1. The predicted octanol–water partition coefficient (Wildman–Crippen LogP) is 3.66. The highest BCUT2D eigenvalue weighted by molar-refractivity contribution is 7.80. The molecule has 2 aliphatic rings. The van der Waals surface area contributed by atoms with Crippen LogP contribution in [0, 0.1) is 0 Å². The smallest absolute Gasteiger partial charge is 0.169 e. The van der Waals surface area contributed by atoms with Gasteiger partial charge in [0, 0.05) is 26.1 Å². The second-order valence-electron chi connectivity index (χ2n) is 6.58. The topological polar surface area (TPSA) is 33.7 Å². The molecular formula is C19H28N2O2S. The van der Waals surface area contributed by atoms with Gasteiger partial charge in [-0.05, 0) is 48.3 Å². The van der Waals surface area contributed by atoms with Crippen LogP contribution in [0.2, 0.25) is 0 Å². The van der Waals surface area contributed by atoms with E-state index in [2.05, 4.69) is 29.3 Å². The molecule has 132 valence electrons. The number of nitrogens with zero attached hydrogens (tertiary/aromatic N) is 1. The Morgan fingerprint density at radius 3 is 2.62 bits per heavy atom. The minimum Gasteiger partial charge on any atom is -0.490 e. The monoisotopic (exact) mass is 348 g/mol. The largest absolute Gasteiger partial charge is 0.490 e. The van der Waals surface area contributed by atoms with Gasteiger partial charge in [-0.1, -0.05) is 26.2 Å². The zero-order valence-electron chi connectivity index (χ0n) is 14.6. The first-order valence-corrected chi connectivity index (χ1v) is 9.63. The fourth-order valence-corrected chi connectivity index (χ4v) is 3.50. The average molecular weight is 349 g/mol. The second-order valence-corrected chi connectivity index (χ2v) is 6.97. The van der Waals surface area contributed by atoms with E-state index >= 15 is 0 Å². The Morgan fingerprint density at radius 2 is 1.88 bits per heavy atom. The summed E-state index contributed by atoms with van der Waals surface area (Å²) in [7, 11) is 0. The summed E-state index contributed by atoms with van der Waals surface area (Å²) in [4.78, 5) is 2.27. The predicted molar refractivity (Wildman–Crippen MR) is 101 cm³/mol. The van der Waals surface area contributed by atoms with Crippen molar-refractivity contribution in [1.82, 2.24) is 10.2 Å². The molecule has 0 radical (unpaired) electrons. The number of nitrogens with one attached hydrogen (secondary N) is 1. The zero-order valence-corrected chi connectivity index (χ0v) is 15.4. The van der Waals surface area contributed by atoms with Crippen molar-refractivity contribution in [1.29, 1.82) is 0 Å². The minimum absolute atomic E-state index is 0.729. The standard InChI is InChI=1S/C19H28N2O2S/c1-2-3-4-5-8-20-19(24)21-9-7-15-12-17-18(13-16(15)14-21)23-11-6-10-22-17/h12-13H,2-11,14H2,1H3,(H,20,24). The van der Waals surface area contributed by atoms with Crippen LogP contribution in [0.5, 0.6) is 11.5 Å². The molecule has 24 heavy (non-hydrogen) atoms. The van der Waals surface area contributed by atoms with E-state index < -0.39 is 0 Å². The number of rotatable bonds is 5. The third-order valence-electron chi connectivity index (χ3n) is 4.68. The van der Waals surface area contributed by atoms with Crippen LogP contribution < -0.4 is 14.8 Å². The Morgan fingerprint density at radius 1 is 1.12 bits per heavy atom. The first-order chi connectivity index (χ1) is 11.8. The normalized spacial score (nSPS) is 16.3. The highest BCUT2D eigenvalue weighted by Crippen LogP contribution is 2.35. The van der Waals surface area contributed by atoms with Crippen LogP contribution >= 0.6 is 12.2 Å². The first-order valence-electron chi connectivity index (χ1n) is 9.22. The summed E-state index contributed by atoms with van der Waals surface area (Å²) in [5.41, 5.74) is 2.67. The molecule has 0 bridgehead atoms. The van der Waals surface area contributed by atoms with Crippen molar-refractivity contribution in [3.63, 3.8) is 0 Å². The number of hydrogen-bond acceptors (Lipinski definition) is 3. The van der Waals surface area contributed by atoms with Gasteiger partial charge >= 0.3 is 0 Å². The lowest BCUT2D eigenvalue weighted by atomic mass is 9.99. The van der Waals surface area contributed by atoms with Crippen molar-refractivity contribution in [3.8, 4) is 11.5 Å². The number of ether oxygens (including phenoxy) is 2. The fourth-order valence-electron chi connectivity index (χ4n) is 3.25. The van der Waals surface area contributed by atoms with Crippen molar-refractivity contribution in [3.05, 3.63) is 23.3 Å². The van der Waals surface area contributed by atoms with Crippen LogP contribution in [0.25, 0.3) is 0 Å². The fraction of sp³-hybridized carbons (Fsp3) is 0.632. The molecule has 2 heterocycles. The van der Waals surface area contributed by atoms with Crippen LogP contribution in [0.4, 0.5) is 0 Å². The Kier molecular flexibility index (Phi) is 6.18. The lowest BCUT2D eigenvalue weighted by molar-refractivity contribution is 0.297. The molecule has 0 atom stereocenters. The maximum absolute atomic E-state index is 5.82. The zero-order chi connectivity index (χ0) is 16.8. The lowest BCUT2D eigenvalue weighted by Gasteiger charge is -2.31. The second kappa shape index (κ2) is 8.56. The van der Waals surface area contributed by atoms with Crippen LogP contribution in [-0.2, 0) is 13.0 Å². The third-order valence-corrected chi connectivity index (χ3v) is 5.08. The molecule has 0 saturated heterocycles. The molecule has 1 aromatic carbocycles. The van der Waals surface area contributed by atoms with Crippen molar-refractivity contribution >= 4 is 17.3 Å². The molecule has 0 saturated carbocycles. The van der Waals surface area contributed by atoms with Gasteiger partial charge in [0.1, 0.15) is 0 Å². The Bertz CT molecular complexity index is 577. The highest BCUT2D eigenvalue weighted by atomic mass is 32.1. The molecule has 0 unspecified atom stereocenters. The Hall–Kier alpha value is -1.49. The number of fused-ring (bicyclic) bond motifs is 2. The molecule has 4 nitrogen and oxygen atoms in total. The van der Waals surface area contributed by atoms with Crippen LogP contribution in [-0.4, -0.2) is 36.3 Å². The molecule has 2 aliphatic heterocycles. The van der Waals surface area contributed by atoms with Gasteiger partial charge in [-0.3, -0.25) is 0 Å². The van der Waals surface area contributed by atoms with Crippen molar-refractivity contribution in [2.75, 3.05) is 26.3 Å². The van der Waals surface area contributed by atoms with E-state index in [0.717, 1.165) is 62.3 Å². The number of unbranched alkanes of at least 4 members (excludes halogenated alkanes) is 3. The van der Waals surface area contributed by atoms with Crippen molar-refractivity contribution < 1.29 is 9.47 Å². The van der Waals surface area contributed by atoms with Gasteiger partial charge in [-0.15, -0.1) is 0 Å². The van der Waals surface area contributed by atoms with E-state index in [9.17, 15) is 0 Å². The molecular weight excluding hydrogens is 320 g/mol. The van der Waals surface area contributed by atoms with E-state index in [1.165, 1.54) is 36.8 Å². The summed E-state index contributed by atoms with van der Waals surface area (Å²) in [6.45, 7) is 6.50. The van der Waals surface area contributed by atoms with Crippen LogP contribution in [0.15, 0.2) is 12.1 Å². The molecule has 0 fully saturated rings. The SMILES string of the molecule is CCCCCCNC(=S)N1CCc2cc3c(cc2C1)OCCCO3. The van der Waals surface area contributed by atoms with E-state index in [-0.39, 0.29) is 0 Å². The number of hydrogen-bond donors (Lipinski definition) is 1. The Balaban J connectivity index is 1.57. The van der Waals surface area contributed by atoms with E-state index in [1.807, 2.05) is 0 Å². The molecule has 0 aliphatic carbocycles. The lowest BCUT2D eigenvalue weighted by Crippen LogP contribution is -2.42. The van der Waals surface area contributed by atoms with Gasteiger partial charge in [0.2, 0.25) is 0 Å². The molecule has 3 rings (SSSR count). The van der Waals surface area contributed by atoms with Crippen LogP contribution in [0.3, 0.4) is 0 Å². The van der Waals surface area contributed by atoms with Crippen molar-refractivity contribution in [2.45, 2.75) is 52.0 Å². The van der Waals surface area contributed by atoms with E-state index in [4.69, 9.17) is 21.7 Å². The molecule has 0 spiro atoms. The van der Waals surface area contributed by atoms with Gasteiger partial charge < -0.3 is 19.7 Å². The van der Waals surface area contributed by atoms with Gasteiger partial charge in [-0.2, -0.15) is 0 Å². The van der Waals surface area contributed by atoms with Gasteiger partial charge in [0.05, 0.1) is 13.2 Å². The maximum atomic E-state index is 5.82. The molecule has 1 N–H and O–H groups in total. The van der Waals surface area contributed by atoms with Crippen molar-refractivity contribution in [2.24, 2.45) is 0 Å². The summed E-state index contributed by atoms with van der Waals surface area (Å²) < 4.78 is 11.6. The maximum Gasteiger partial charge on any atom is 0.169 e. The van der Waals surface area contributed by atoms with Crippen LogP contribution in [0.1, 0.15) is 50.2 Å². The first kappa shape index (κ1) is 17.3. The summed E-state index contributed by atoms with van der Waals surface area (Å²) in [5.74, 6) is 1.78. The van der Waals surface area contributed by atoms with Gasteiger partial charge in [-0.25, -0.2) is 0 Å². The van der Waals surface area contributed by atoms with Gasteiger partial charge in [0.25, 0.3) is 0 Å². The van der Waals surface area contributed by atoms with E-state index in [0.29, 0.717) is 0 Å². The van der Waals surface area contributed by atoms with Gasteiger partial charge in [0.15, 0.2) is 16.6 Å². The number of benzene rings is 1. The summed E-state index contributed by atoms with van der Waals surface area (Å²) in [6.07, 6.45) is 6.98. The summed E-state index contributed by atoms with van der Waals surface area (Å²) >= 11 is 5.58. The Labute approximate surface area is 150 Å². The highest BCUT2D eigenvalue weighted by Gasteiger charge is 2.22. The molecule has 5 heteroatoms. The third kappa shape index (κ3) is 4.32. The quantitative estimate of drug-likeness (QED) is 0.649. The molecule has 0 aromatic heterocycles. The minimum atomic E-state index is 0.729. The molecule has 1 aromatic rings. The summed E-state index contributed by atoms with van der Waals surface area (Å²) in [6, 6.07) is 4.31.